The van der Waals surface area contributed by atoms with Crippen LogP contribution in [0.3, 0.4) is 0 Å². The van der Waals surface area contributed by atoms with Crippen molar-refractivity contribution in [2.45, 2.75) is 26.8 Å². The Balaban J connectivity index is 0.00000218. The van der Waals surface area contributed by atoms with Gasteiger partial charge in [-0.15, -0.1) is 0 Å². The molecule has 0 N–H and O–H groups in total. The summed E-state index contributed by atoms with van der Waals surface area (Å²) in [7, 11) is 1.68. The Morgan fingerprint density at radius 1 is 1.13 bits per heavy atom. The number of nitrogens with zero attached hydrogens (tertiary/aromatic N) is 1. The highest BCUT2D eigenvalue weighted by Gasteiger charge is 2.28. The van der Waals surface area contributed by atoms with Crippen LogP contribution in [-0.4, -0.2) is 20.5 Å². The molecule has 5 nitrogen and oxygen atoms in total. The Morgan fingerprint density at radius 2 is 1.93 bits per heavy atom. The van der Waals surface area contributed by atoms with E-state index in [2.05, 4.69) is 55.0 Å². The van der Waals surface area contributed by atoms with Crippen LogP contribution >= 0.6 is 0 Å². The van der Waals surface area contributed by atoms with Gasteiger partial charge in [-0.1, -0.05) is 5.57 Å². The minimum Gasteiger partial charge on any atom is -1.00 e. The maximum atomic E-state index is 6.12. The number of hydrogen-bond donors (Lipinski definition) is 0. The lowest BCUT2D eigenvalue weighted by atomic mass is 9.95. The molecule has 0 amide bonds. The van der Waals surface area contributed by atoms with Crippen LogP contribution in [0, 0.1) is 0 Å². The van der Waals surface area contributed by atoms with Crippen molar-refractivity contribution in [1.29, 1.82) is 0 Å². The van der Waals surface area contributed by atoms with E-state index in [0.29, 0.717) is 13.4 Å². The molecule has 2 aromatic carbocycles. The average molecular weight is 470 g/mol. The zero-order chi connectivity index (χ0) is 20.0. The van der Waals surface area contributed by atoms with Crippen molar-refractivity contribution in [3.8, 4) is 34.3 Å². The second-order valence-electron chi connectivity index (χ2n) is 7.66. The molecule has 0 atom stereocenters. The number of aryl methyl sites for hydroxylation is 2. The van der Waals surface area contributed by atoms with Crippen LogP contribution in [0.25, 0.3) is 22.0 Å². The Bertz CT molecular complexity index is 1150. The number of benzene rings is 2. The Morgan fingerprint density at radius 3 is 2.70 bits per heavy atom. The Hall–Kier alpha value is -2.73. The molecule has 0 bridgehead atoms. The van der Waals surface area contributed by atoms with Gasteiger partial charge in [-0.05, 0) is 55.1 Å². The van der Waals surface area contributed by atoms with E-state index >= 15 is 0 Å². The fraction of sp³-hybridized carbons (Fsp3) is 0.292. The molecule has 0 saturated carbocycles. The van der Waals surface area contributed by atoms with Crippen LogP contribution in [-0.2, 0) is 13.0 Å². The molecule has 3 heterocycles. The van der Waals surface area contributed by atoms with E-state index in [1.165, 1.54) is 22.4 Å². The average Bonchev–Trinajstić information content (AvgIpc) is 3.18. The van der Waals surface area contributed by atoms with Gasteiger partial charge in [-0.2, -0.15) is 4.57 Å². The van der Waals surface area contributed by atoms with Gasteiger partial charge >= 0.3 is 0 Å². The highest BCUT2D eigenvalue weighted by molar-refractivity contribution is 5.91. The van der Waals surface area contributed by atoms with Crippen molar-refractivity contribution in [3.63, 3.8) is 0 Å². The first kappa shape index (κ1) is 20.5. The summed E-state index contributed by atoms with van der Waals surface area (Å²) >= 11 is 0. The first-order valence-electron chi connectivity index (χ1n) is 9.87. The number of methoxy groups -OCH3 is 1. The predicted molar refractivity (Wildman–Crippen MR) is 111 cm³/mol. The third kappa shape index (κ3) is 3.49. The van der Waals surface area contributed by atoms with Gasteiger partial charge in [0.05, 0.1) is 18.1 Å². The quantitative estimate of drug-likeness (QED) is 0.428. The minimum atomic E-state index is 0. The molecule has 2 aliphatic rings. The maximum Gasteiger partial charge on any atom is 0.231 e. The summed E-state index contributed by atoms with van der Waals surface area (Å²) in [6, 6.07) is 10.5. The van der Waals surface area contributed by atoms with Gasteiger partial charge in [0.2, 0.25) is 12.5 Å². The highest BCUT2D eigenvalue weighted by atomic mass is 79.9. The van der Waals surface area contributed by atoms with Gasteiger partial charge in [0.15, 0.2) is 35.7 Å². The van der Waals surface area contributed by atoms with E-state index in [9.17, 15) is 0 Å². The first-order chi connectivity index (χ1) is 14.1. The molecule has 0 radical (unpaired) electrons. The monoisotopic (exact) mass is 469 g/mol. The summed E-state index contributed by atoms with van der Waals surface area (Å²) in [6.07, 6.45) is 5.20. The maximum absolute atomic E-state index is 6.12. The number of aromatic nitrogens is 1. The van der Waals surface area contributed by atoms with Crippen molar-refractivity contribution in [2.24, 2.45) is 0 Å². The van der Waals surface area contributed by atoms with Crippen molar-refractivity contribution in [2.75, 3.05) is 20.5 Å². The number of pyridine rings is 1. The number of fused-ring (bicyclic) bond motifs is 5. The summed E-state index contributed by atoms with van der Waals surface area (Å²) < 4.78 is 25.2. The molecule has 0 aliphatic carbocycles. The van der Waals surface area contributed by atoms with Crippen LogP contribution in [0.4, 0.5) is 0 Å². The number of halogens is 1. The molecule has 0 saturated heterocycles. The van der Waals surface area contributed by atoms with E-state index in [4.69, 9.17) is 18.9 Å². The summed E-state index contributed by atoms with van der Waals surface area (Å²) in [6.45, 7) is 5.86. The summed E-state index contributed by atoms with van der Waals surface area (Å²) in [5, 5.41) is 2.18. The number of rotatable bonds is 4. The normalized spacial score (nSPS) is 13.2. The second kappa shape index (κ2) is 8.19. The van der Waals surface area contributed by atoms with Gasteiger partial charge in [0.25, 0.3) is 0 Å². The van der Waals surface area contributed by atoms with Crippen LogP contribution in [0.1, 0.15) is 19.4 Å². The summed E-state index contributed by atoms with van der Waals surface area (Å²) in [4.78, 5) is 0. The lowest BCUT2D eigenvalue weighted by Crippen LogP contribution is -3.00. The van der Waals surface area contributed by atoms with Gasteiger partial charge in [0.1, 0.15) is 6.61 Å². The molecule has 156 valence electrons. The molecule has 0 unspecified atom stereocenters. The molecule has 5 rings (SSSR count). The Kier molecular flexibility index (Phi) is 5.60. The first-order valence-corrected chi connectivity index (χ1v) is 9.87. The molecule has 1 aromatic heterocycles. The number of ether oxygens (including phenoxy) is 4. The zero-order valence-corrected chi connectivity index (χ0v) is 18.9. The van der Waals surface area contributed by atoms with E-state index in [0.717, 1.165) is 46.7 Å². The lowest BCUT2D eigenvalue weighted by Gasteiger charge is -2.17. The van der Waals surface area contributed by atoms with Gasteiger partial charge in [0, 0.05) is 12.5 Å². The predicted octanol–water partition coefficient (Wildman–Crippen LogP) is 1.44. The Labute approximate surface area is 186 Å². The third-order valence-corrected chi connectivity index (χ3v) is 5.52. The zero-order valence-electron chi connectivity index (χ0n) is 17.3. The van der Waals surface area contributed by atoms with Gasteiger partial charge in [-0.25, -0.2) is 0 Å². The van der Waals surface area contributed by atoms with Crippen molar-refractivity contribution >= 4 is 10.8 Å². The summed E-state index contributed by atoms with van der Waals surface area (Å²) in [5.74, 6) is 3.20. The van der Waals surface area contributed by atoms with Gasteiger partial charge < -0.3 is 35.9 Å². The van der Waals surface area contributed by atoms with Crippen molar-refractivity contribution in [1.82, 2.24) is 0 Å². The van der Waals surface area contributed by atoms with Crippen LogP contribution in [0.5, 0.6) is 23.0 Å². The third-order valence-electron chi connectivity index (χ3n) is 5.52. The lowest BCUT2D eigenvalue weighted by molar-refractivity contribution is -0.686. The minimum absolute atomic E-state index is 0. The van der Waals surface area contributed by atoms with Crippen LogP contribution in [0.2, 0.25) is 0 Å². The molecular weight excluding hydrogens is 446 g/mol. The molecular formula is C24H24BrNO4. The number of allylic oxidation sites excluding steroid dienone is 1. The topological polar surface area (TPSA) is 40.8 Å². The van der Waals surface area contributed by atoms with E-state index < -0.39 is 0 Å². The fourth-order valence-electron chi connectivity index (χ4n) is 4.00. The molecule has 6 heteroatoms. The molecule has 3 aromatic rings. The van der Waals surface area contributed by atoms with Crippen LogP contribution in [0.15, 0.2) is 48.2 Å². The molecule has 30 heavy (non-hydrogen) atoms. The second-order valence-corrected chi connectivity index (χ2v) is 7.66. The molecule has 2 aliphatic heterocycles. The standard InChI is InChI=1S/C24H24NO4.BrH/c1-15(2)7-9-27-24-19-13-25-8-6-17-11-22-23(29-14-28-22)12-18(17)20(25)10-16(19)4-5-21(24)26-3;/h4-5,7,10-13H,6,8-9,14H2,1-3H3;1H/q+1;/p-1. The molecule has 0 spiro atoms. The smallest absolute Gasteiger partial charge is 0.231 e. The van der Waals surface area contributed by atoms with Crippen molar-refractivity contribution in [3.05, 3.63) is 53.7 Å². The highest BCUT2D eigenvalue weighted by Crippen LogP contribution is 2.41. The van der Waals surface area contributed by atoms with E-state index in [1.54, 1.807) is 7.11 Å². The van der Waals surface area contributed by atoms with E-state index in [-0.39, 0.29) is 17.0 Å². The number of hydrogen-bond acceptors (Lipinski definition) is 4. The van der Waals surface area contributed by atoms with Crippen molar-refractivity contribution < 1.29 is 40.5 Å². The molecule has 0 fully saturated rings. The SMILES string of the molecule is COc1ccc2cc3[n+](cc2c1OCC=C(C)C)CCc1cc2c(cc1-3)OCO2.[Br-]. The van der Waals surface area contributed by atoms with Crippen LogP contribution < -0.4 is 40.5 Å². The van der Waals surface area contributed by atoms with E-state index in [1.807, 2.05) is 6.07 Å². The van der Waals surface area contributed by atoms with Gasteiger partial charge in [-0.3, -0.25) is 0 Å². The largest absolute Gasteiger partial charge is 1.00 e. The summed E-state index contributed by atoms with van der Waals surface area (Å²) in [5.41, 5.74) is 4.90. The fourth-order valence-corrected chi connectivity index (χ4v) is 4.00.